The molecule has 30 heavy (non-hydrogen) atoms. The van der Waals surface area contributed by atoms with E-state index in [-0.39, 0.29) is 30.6 Å². The van der Waals surface area contributed by atoms with Crippen molar-refractivity contribution in [2.45, 2.75) is 25.6 Å². The Hall–Kier alpha value is -2.72. The molecule has 0 saturated carbocycles. The summed E-state index contributed by atoms with van der Waals surface area (Å²) < 4.78 is 49.6. The van der Waals surface area contributed by atoms with E-state index >= 15 is 0 Å². The Morgan fingerprint density at radius 3 is 2.90 bits per heavy atom. The van der Waals surface area contributed by atoms with Crippen molar-refractivity contribution in [3.63, 3.8) is 0 Å². The highest BCUT2D eigenvalue weighted by atomic mass is 32.1. The lowest BCUT2D eigenvalue weighted by atomic mass is 10.1. The van der Waals surface area contributed by atoms with Crippen LogP contribution in [0.25, 0.3) is 0 Å². The van der Waals surface area contributed by atoms with Gasteiger partial charge in [0.25, 0.3) is 11.8 Å². The van der Waals surface area contributed by atoms with Gasteiger partial charge in [-0.05, 0) is 35.6 Å². The number of hydrogen-bond acceptors (Lipinski definition) is 6. The van der Waals surface area contributed by atoms with Gasteiger partial charge < -0.3 is 14.2 Å². The first-order valence-corrected chi connectivity index (χ1v) is 10.1. The van der Waals surface area contributed by atoms with Crippen LogP contribution < -0.4 is 0 Å². The first-order chi connectivity index (χ1) is 14.3. The molecular weight excluding hydrogens is 419 g/mol. The van der Waals surface area contributed by atoms with Crippen molar-refractivity contribution in [1.82, 2.24) is 15.0 Å². The van der Waals surface area contributed by atoms with Gasteiger partial charge in [0.1, 0.15) is 0 Å². The summed E-state index contributed by atoms with van der Waals surface area (Å²) in [6.45, 7) is 2.98. The molecule has 1 aliphatic heterocycles. The number of nitrogens with zero attached hydrogens (tertiary/aromatic N) is 3. The van der Waals surface area contributed by atoms with Crippen LogP contribution in [0, 0.1) is 6.92 Å². The number of carbonyl (C=O) groups is 1. The predicted octanol–water partition coefficient (Wildman–Crippen LogP) is 4.26. The lowest BCUT2D eigenvalue weighted by Crippen LogP contribution is -2.42. The van der Waals surface area contributed by atoms with Crippen LogP contribution in [0.4, 0.5) is 13.2 Å². The fourth-order valence-corrected chi connectivity index (χ4v) is 4.06. The van der Waals surface area contributed by atoms with E-state index in [4.69, 9.17) is 9.26 Å². The van der Waals surface area contributed by atoms with Gasteiger partial charge in [0.2, 0.25) is 0 Å². The minimum atomic E-state index is -4.41. The van der Waals surface area contributed by atoms with Gasteiger partial charge in [0.15, 0.2) is 11.9 Å². The summed E-state index contributed by atoms with van der Waals surface area (Å²) in [5.41, 5.74) is 0.730. The van der Waals surface area contributed by atoms with Crippen molar-refractivity contribution in [1.29, 1.82) is 0 Å². The van der Waals surface area contributed by atoms with E-state index < -0.39 is 17.8 Å². The molecule has 0 spiro atoms. The average Bonchev–Trinajstić information content (AvgIpc) is 3.36. The lowest BCUT2D eigenvalue weighted by molar-refractivity contribution is -0.137. The number of aromatic nitrogens is 2. The maximum atomic E-state index is 12.9. The number of alkyl halides is 3. The monoisotopic (exact) mass is 437 g/mol. The maximum absolute atomic E-state index is 12.9. The van der Waals surface area contributed by atoms with Gasteiger partial charge in [-0.2, -0.15) is 18.2 Å². The molecule has 0 bridgehead atoms. The molecule has 1 unspecified atom stereocenters. The second kappa shape index (κ2) is 8.19. The first kappa shape index (κ1) is 20.5. The molecule has 1 amide bonds. The van der Waals surface area contributed by atoms with Crippen molar-refractivity contribution in [3.05, 3.63) is 69.0 Å². The van der Waals surface area contributed by atoms with Crippen LogP contribution >= 0.6 is 11.3 Å². The quantitative estimate of drug-likeness (QED) is 0.610. The predicted molar refractivity (Wildman–Crippen MR) is 102 cm³/mol. The zero-order valence-electron chi connectivity index (χ0n) is 16.0. The fraction of sp³-hybridized carbons (Fsp3) is 0.350. The largest absolute Gasteiger partial charge is 0.416 e. The lowest BCUT2D eigenvalue weighted by Gasteiger charge is -2.30. The molecule has 3 heterocycles. The molecular formula is C20H18F3N3O3S. The van der Waals surface area contributed by atoms with E-state index in [0.717, 1.165) is 17.7 Å². The number of morpholine rings is 1. The summed E-state index contributed by atoms with van der Waals surface area (Å²) in [6, 6.07) is 6.85. The Morgan fingerprint density at radius 1 is 1.33 bits per heavy atom. The number of aryl methyl sites for hydroxylation is 1. The Bertz CT molecular complexity index is 1050. The summed E-state index contributed by atoms with van der Waals surface area (Å²) in [5, 5.41) is 5.78. The molecule has 3 aromatic rings. The first-order valence-electron chi connectivity index (χ1n) is 9.24. The van der Waals surface area contributed by atoms with E-state index in [9.17, 15) is 18.0 Å². The van der Waals surface area contributed by atoms with E-state index in [1.807, 2.05) is 18.4 Å². The second-order valence-corrected chi connectivity index (χ2v) is 7.93. The third-order valence-corrected chi connectivity index (χ3v) is 5.71. The van der Waals surface area contributed by atoms with E-state index in [1.54, 1.807) is 11.0 Å². The van der Waals surface area contributed by atoms with Crippen molar-refractivity contribution in [2.75, 3.05) is 19.7 Å². The van der Waals surface area contributed by atoms with Crippen LogP contribution in [0.3, 0.4) is 0 Å². The number of rotatable bonds is 4. The normalized spacial score (nSPS) is 17.3. The molecule has 1 saturated heterocycles. The third-order valence-electron chi connectivity index (χ3n) is 4.67. The zero-order valence-corrected chi connectivity index (χ0v) is 16.8. The number of hydrogen-bond donors (Lipinski definition) is 0. The van der Waals surface area contributed by atoms with Crippen molar-refractivity contribution in [3.8, 4) is 0 Å². The van der Waals surface area contributed by atoms with Gasteiger partial charge in [-0.1, -0.05) is 23.4 Å². The summed E-state index contributed by atoms with van der Waals surface area (Å²) >= 11 is 1.39. The summed E-state index contributed by atoms with van der Waals surface area (Å²) in [5.74, 6) is 0.382. The van der Waals surface area contributed by atoms with Gasteiger partial charge in [0.05, 0.1) is 23.6 Å². The van der Waals surface area contributed by atoms with Gasteiger partial charge >= 0.3 is 6.18 Å². The standard InChI is InChI=1S/C20H18F3N3O3S/c1-12-7-16(30-11-12)19(27)26-5-6-28-15(10-26)18-24-17(25-29-18)9-13-3-2-4-14(8-13)20(21,22)23/h2-4,7-8,11,15H,5-6,9-10H2,1H3. The molecule has 0 radical (unpaired) electrons. The minimum Gasteiger partial charge on any atom is -0.365 e. The second-order valence-electron chi connectivity index (χ2n) is 7.02. The van der Waals surface area contributed by atoms with Gasteiger partial charge in [-0.15, -0.1) is 11.3 Å². The Morgan fingerprint density at radius 2 is 2.17 bits per heavy atom. The molecule has 1 atom stereocenters. The van der Waals surface area contributed by atoms with Crippen LogP contribution in [0.1, 0.15) is 44.2 Å². The van der Waals surface area contributed by atoms with E-state index in [1.165, 1.54) is 17.4 Å². The molecule has 10 heteroatoms. The van der Waals surface area contributed by atoms with Crippen LogP contribution in [0.2, 0.25) is 0 Å². The van der Waals surface area contributed by atoms with Crippen molar-refractivity contribution < 1.29 is 27.2 Å². The highest BCUT2D eigenvalue weighted by Gasteiger charge is 2.32. The van der Waals surface area contributed by atoms with Crippen molar-refractivity contribution in [2.24, 2.45) is 0 Å². The molecule has 4 rings (SSSR count). The van der Waals surface area contributed by atoms with Crippen LogP contribution in [-0.4, -0.2) is 40.6 Å². The number of amides is 1. The Labute approximate surface area is 174 Å². The summed E-state index contributed by atoms with van der Waals surface area (Å²) in [4.78, 5) is 19.3. The summed E-state index contributed by atoms with van der Waals surface area (Å²) in [6.07, 6.45) is -4.89. The molecule has 1 aliphatic rings. The maximum Gasteiger partial charge on any atom is 0.416 e. The molecule has 1 fully saturated rings. The molecule has 6 nitrogen and oxygen atoms in total. The Kier molecular flexibility index (Phi) is 5.61. The number of benzene rings is 1. The van der Waals surface area contributed by atoms with Gasteiger partial charge in [-0.3, -0.25) is 4.79 Å². The van der Waals surface area contributed by atoms with E-state index in [2.05, 4.69) is 10.1 Å². The number of carbonyl (C=O) groups excluding carboxylic acids is 1. The number of halogens is 3. The molecule has 158 valence electrons. The smallest absolute Gasteiger partial charge is 0.365 e. The van der Waals surface area contributed by atoms with Crippen LogP contribution in [0.15, 0.2) is 40.2 Å². The highest BCUT2D eigenvalue weighted by molar-refractivity contribution is 7.12. The van der Waals surface area contributed by atoms with Crippen LogP contribution in [0.5, 0.6) is 0 Å². The zero-order chi connectivity index (χ0) is 21.3. The van der Waals surface area contributed by atoms with Gasteiger partial charge in [0, 0.05) is 13.0 Å². The topological polar surface area (TPSA) is 68.5 Å². The third kappa shape index (κ3) is 4.54. The van der Waals surface area contributed by atoms with Gasteiger partial charge in [-0.25, -0.2) is 0 Å². The molecule has 2 aromatic heterocycles. The number of thiophene rings is 1. The van der Waals surface area contributed by atoms with Crippen molar-refractivity contribution >= 4 is 17.2 Å². The van der Waals surface area contributed by atoms with Crippen LogP contribution in [-0.2, 0) is 17.3 Å². The van der Waals surface area contributed by atoms with E-state index in [0.29, 0.717) is 23.6 Å². The highest BCUT2D eigenvalue weighted by Crippen LogP contribution is 2.30. The fourth-order valence-electron chi connectivity index (χ4n) is 3.19. The SMILES string of the molecule is Cc1csc(C(=O)N2CCOC(c3nc(Cc4cccc(C(F)(F)F)c4)no3)C2)c1. The summed E-state index contributed by atoms with van der Waals surface area (Å²) in [7, 11) is 0. The minimum absolute atomic E-state index is 0.0786. The molecule has 1 aromatic carbocycles. The average molecular weight is 437 g/mol. The Balaban J connectivity index is 1.44. The molecule has 0 N–H and O–H groups in total. The molecule has 0 aliphatic carbocycles. The number of ether oxygens (including phenoxy) is 1.